The highest BCUT2D eigenvalue weighted by Gasteiger charge is 2.19. The van der Waals surface area contributed by atoms with Gasteiger partial charge in [-0.05, 0) is 19.4 Å². The van der Waals surface area contributed by atoms with Crippen molar-refractivity contribution in [1.29, 1.82) is 0 Å². The van der Waals surface area contributed by atoms with Crippen LogP contribution in [0.4, 0.5) is 0 Å². The summed E-state index contributed by atoms with van der Waals surface area (Å²) in [7, 11) is -0.371. The predicted molar refractivity (Wildman–Crippen MR) is 62.6 cm³/mol. The number of nitrogens with two attached hydrogens (primary N) is 1. The summed E-state index contributed by atoms with van der Waals surface area (Å²) in [5.41, 5.74) is 5.29. The molecule has 0 aliphatic rings. The van der Waals surface area contributed by atoms with Gasteiger partial charge in [-0.15, -0.1) is 0 Å². The van der Waals surface area contributed by atoms with Gasteiger partial charge in [0.05, 0.1) is 18.5 Å². The van der Waals surface area contributed by atoms with E-state index >= 15 is 0 Å². The van der Waals surface area contributed by atoms with Crippen LogP contribution in [-0.2, 0) is 14.8 Å². The lowest BCUT2D eigenvalue weighted by molar-refractivity contribution is 0.0554. The van der Waals surface area contributed by atoms with E-state index in [9.17, 15) is 13.5 Å². The number of hydrogen-bond donors (Lipinski definition) is 2. The Balaban J connectivity index is 4.08. The Morgan fingerprint density at radius 2 is 2.06 bits per heavy atom. The molecule has 0 aliphatic carbocycles. The number of likely N-dealkylation sites (N-methyl/N-ethyl adjacent to an activating group) is 1. The number of aliphatic hydroxyl groups excluding tert-OH is 1. The molecule has 0 aliphatic heterocycles. The molecular formula is C9H22N2O4S. The standard InChI is InChI=1S/C9H22N2O4S/c1-11(7-9(12)8-15-2)16(13,14)6-4-3-5-10/h9,12H,3-8,10H2,1-2H3. The van der Waals surface area contributed by atoms with E-state index in [1.165, 1.54) is 14.2 Å². The van der Waals surface area contributed by atoms with Crippen LogP contribution in [0.2, 0.25) is 0 Å². The Morgan fingerprint density at radius 3 is 2.56 bits per heavy atom. The number of methoxy groups -OCH3 is 1. The third-order valence-electron chi connectivity index (χ3n) is 2.16. The zero-order chi connectivity index (χ0) is 12.6. The third kappa shape index (κ3) is 6.39. The average molecular weight is 254 g/mol. The molecule has 1 unspecified atom stereocenters. The van der Waals surface area contributed by atoms with Crippen molar-refractivity contribution in [2.75, 3.05) is 39.6 Å². The molecular weight excluding hydrogens is 232 g/mol. The van der Waals surface area contributed by atoms with Crippen LogP contribution in [0.1, 0.15) is 12.8 Å². The molecule has 0 bridgehead atoms. The molecule has 0 aromatic heterocycles. The molecule has 98 valence electrons. The van der Waals surface area contributed by atoms with Crippen molar-refractivity contribution in [2.24, 2.45) is 5.73 Å². The second-order valence-electron chi connectivity index (χ2n) is 3.70. The van der Waals surface area contributed by atoms with Crippen LogP contribution < -0.4 is 5.73 Å². The van der Waals surface area contributed by atoms with Crippen molar-refractivity contribution in [1.82, 2.24) is 4.31 Å². The summed E-state index contributed by atoms with van der Waals surface area (Å²) in [6.07, 6.45) is 0.441. The average Bonchev–Trinajstić information content (AvgIpc) is 2.18. The smallest absolute Gasteiger partial charge is 0.213 e. The topological polar surface area (TPSA) is 92.9 Å². The van der Waals surface area contributed by atoms with Gasteiger partial charge in [-0.25, -0.2) is 12.7 Å². The van der Waals surface area contributed by atoms with Crippen molar-refractivity contribution in [3.05, 3.63) is 0 Å². The third-order valence-corrected chi connectivity index (χ3v) is 4.06. The first-order valence-electron chi connectivity index (χ1n) is 5.25. The van der Waals surface area contributed by atoms with E-state index < -0.39 is 16.1 Å². The minimum Gasteiger partial charge on any atom is -0.389 e. The number of unbranched alkanes of at least 4 members (excludes halogenated alkanes) is 1. The Labute approximate surface area is 97.4 Å². The van der Waals surface area contributed by atoms with Crippen LogP contribution in [0.15, 0.2) is 0 Å². The van der Waals surface area contributed by atoms with Gasteiger partial charge in [0, 0.05) is 20.7 Å². The minimum atomic E-state index is -3.28. The van der Waals surface area contributed by atoms with Gasteiger partial charge in [0.1, 0.15) is 0 Å². The molecule has 0 saturated carbocycles. The SMILES string of the molecule is COCC(O)CN(C)S(=O)(=O)CCCCN. The molecule has 0 heterocycles. The quantitative estimate of drug-likeness (QED) is 0.515. The maximum Gasteiger partial charge on any atom is 0.213 e. The van der Waals surface area contributed by atoms with Gasteiger partial charge in [-0.2, -0.15) is 0 Å². The van der Waals surface area contributed by atoms with Gasteiger partial charge in [0.15, 0.2) is 0 Å². The maximum absolute atomic E-state index is 11.7. The zero-order valence-electron chi connectivity index (χ0n) is 9.92. The predicted octanol–water partition coefficient (Wildman–Crippen LogP) is -1.01. The highest BCUT2D eigenvalue weighted by atomic mass is 32.2. The zero-order valence-corrected chi connectivity index (χ0v) is 10.7. The lowest BCUT2D eigenvalue weighted by atomic mass is 10.3. The number of rotatable bonds is 9. The fourth-order valence-corrected chi connectivity index (χ4v) is 2.52. The molecule has 6 nitrogen and oxygen atoms in total. The van der Waals surface area contributed by atoms with Crippen molar-refractivity contribution in [3.63, 3.8) is 0 Å². The number of nitrogens with zero attached hydrogens (tertiary/aromatic N) is 1. The first kappa shape index (κ1) is 15.8. The van der Waals surface area contributed by atoms with Crippen molar-refractivity contribution < 1.29 is 18.3 Å². The summed E-state index contributed by atoms with van der Waals surface area (Å²) in [6.45, 7) is 0.674. The highest BCUT2D eigenvalue weighted by molar-refractivity contribution is 7.89. The van der Waals surface area contributed by atoms with Crippen LogP contribution in [0.25, 0.3) is 0 Å². The first-order chi connectivity index (χ1) is 7.44. The van der Waals surface area contributed by atoms with Gasteiger partial charge in [-0.1, -0.05) is 0 Å². The number of hydrogen-bond acceptors (Lipinski definition) is 5. The molecule has 0 amide bonds. The Morgan fingerprint density at radius 1 is 1.44 bits per heavy atom. The van der Waals surface area contributed by atoms with Gasteiger partial charge in [0.25, 0.3) is 0 Å². The lowest BCUT2D eigenvalue weighted by Gasteiger charge is -2.20. The second kappa shape index (κ2) is 7.97. The molecule has 0 spiro atoms. The summed E-state index contributed by atoms with van der Waals surface area (Å²) in [6, 6.07) is 0. The lowest BCUT2D eigenvalue weighted by Crippen LogP contribution is -2.37. The molecule has 0 aromatic rings. The summed E-state index contributed by atoms with van der Waals surface area (Å²) in [5, 5.41) is 9.40. The number of aliphatic hydroxyl groups is 1. The minimum absolute atomic E-state index is 0.0544. The Hall–Kier alpha value is -0.210. The summed E-state index contributed by atoms with van der Waals surface area (Å²) in [4.78, 5) is 0. The van der Waals surface area contributed by atoms with Crippen LogP contribution in [0.3, 0.4) is 0 Å². The first-order valence-corrected chi connectivity index (χ1v) is 6.86. The Kier molecular flexibility index (Phi) is 7.86. The summed E-state index contributed by atoms with van der Waals surface area (Å²) < 4.78 is 29.2. The van der Waals surface area contributed by atoms with E-state index in [1.54, 1.807) is 0 Å². The molecule has 0 fully saturated rings. The van der Waals surface area contributed by atoms with Gasteiger partial charge >= 0.3 is 0 Å². The molecule has 7 heteroatoms. The molecule has 3 N–H and O–H groups in total. The van der Waals surface area contributed by atoms with E-state index in [4.69, 9.17) is 10.5 Å². The molecule has 0 rings (SSSR count). The van der Waals surface area contributed by atoms with Crippen molar-refractivity contribution >= 4 is 10.0 Å². The fraction of sp³-hybridized carbons (Fsp3) is 1.00. The normalized spacial score (nSPS) is 14.3. The van der Waals surface area contributed by atoms with Crippen molar-refractivity contribution in [2.45, 2.75) is 18.9 Å². The van der Waals surface area contributed by atoms with E-state index in [-0.39, 0.29) is 18.9 Å². The monoisotopic (exact) mass is 254 g/mol. The molecule has 0 radical (unpaired) electrons. The van der Waals surface area contributed by atoms with Gasteiger partial charge < -0.3 is 15.6 Å². The molecule has 0 saturated heterocycles. The number of ether oxygens (including phenoxy) is 1. The largest absolute Gasteiger partial charge is 0.389 e. The van der Waals surface area contributed by atoms with E-state index in [1.807, 2.05) is 0 Å². The van der Waals surface area contributed by atoms with Crippen LogP contribution in [0.5, 0.6) is 0 Å². The van der Waals surface area contributed by atoms with E-state index in [0.717, 1.165) is 4.31 Å². The summed E-state index contributed by atoms with van der Waals surface area (Å²) >= 11 is 0. The molecule has 1 atom stereocenters. The molecule has 0 aromatic carbocycles. The Bertz CT molecular complexity index is 269. The van der Waals surface area contributed by atoms with Crippen molar-refractivity contribution in [3.8, 4) is 0 Å². The fourth-order valence-electron chi connectivity index (χ4n) is 1.24. The molecule has 16 heavy (non-hydrogen) atoms. The van der Waals surface area contributed by atoms with Crippen LogP contribution in [0, 0.1) is 0 Å². The van der Waals surface area contributed by atoms with Gasteiger partial charge in [-0.3, -0.25) is 0 Å². The van der Waals surface area contributed by atoms with E-state index in [2.05, 4.69) is 0 Å². The maximum atomic E-state index is 11.7. The highest BCUT2D eigenvalue weighted by Crippen LogP contribution is 2.03. The second-order valence-corrected chi connectivity index (χ2v) is 5.90. The van der Waals surface area contributed by atoms with Crippen LogP contribution in [-0.4, -0.2) is 63.5 Å². The van der Waals surface area contributed by atoms with Gasteiger partial charge in [0.2, 0.25) is 10.0 Å². The van der Waals surface area contributed by atoms with Crippen LogP contribution >= 0.6 is 0 Å². The number of sulfonamides is 1. The summed E-state index contributed by atoms with van der Waals surface area (Å²) in [5.74, 6) is 0.0698. The van der Waals surface area contributed by atoms with E-state index in [0.29, 0.717) is 19.4 Å².